The molecule has 2 aromatic heterocycles. The van der Waals surface area contributed by atoms with Crippen molar-refractivity contribution in [2.45, 2.75) is 32.7 Å². The van der Waals surface area contributed by atoms with Crippen molar-refractivity contribution in [1.82, 2.24) is 14.8 Å². The highest BCUT2D eigenvalue weighted by Gasteiger charge is 2.21. The summed E-state index contributed by atoms with van der Waals surface area (Å²) in [6.45, 7) is 4.69. The second-order valence-corrected chi connectivity index (χ2v) is 12.7. The number of aryl methyl sites for hydroxylation is 2. The van der Waals surface area contributed by atoms with Crippen molar-refractivity contribution in [3.63, 3.8) is 0 Å². The molecule has 12 nitrogen and oxygen atoms in total. The van der Waals surface area contributed by atoms with Gasteiger partial charge in [-0.05, 0) is 86.8 Å². The molecule has 1 aliphatic heterocycles. The first-order valence-electron chi connectivity index (χ1n) is 14.8. The first-order valence-corrected chi connectivity index (χ1v) is 16.6. The van der Waals surface area contributed by atoms with Gasteiger partial charge in [0.2, 0.25) is 0 Å². The van der Waals surface area contributed by atoms with E-state index in [-0.39, 0.29) is 23.0 Å². The lowest BCUT2D eigenvalue weighted by Gasteiger charge is -2.25. The fourth-order valence-corrected chi connectivity index (χ4v) is 5.28. The summed E-state index contributed by atoms with van der Waals surface area (Å²) < 4.78 is 67.5. The predicted molar refractivity (Wildman–Crippen MR) is 177 cm³/mol. The number of ether oxygens (including phenoxy) is 2. The van der Waals surface area contributed by atoms with Crippen LogP contribution >= 0.6 is 0 Å². The number of hydrogen-bond donors (Lipinski definition) is 4. The van der Waals surface area contributed by atoms with Crippen LogP contribution in [-0.2, 0) is 14.9 Å². The number of carbonyl (C=O) groups is 1. The molecular weight excluding hydrogens is 648 g/mol. The second-order valence-electron chi connectivity index (χ2n) is 11.2. The lowest BCUT2D eigenvalue weighted by Crippen LogP contribution is -2.31. The topological polar surface area (TPSA) is 165 Å². The lowest BCUT2D eigenvalue weighted by atomic mass is 10.1. The van der Waals surface area contributed by atoms with Crippen LogP contribution in [0.5, 0.6) is 11.5 Å². The number of carbonyl (C=O) groups excluding carboxylic acids is 1. The Bertz CT molecular complexity index is 2120. The van der Waals surface area contributed by atoms with E-state index in [0.29, 0.717) is 47.9 Å². The van der Waals surface area contributed by atoms with Gasteiger partial charge >= 0.3 is 0 Å². The third-order valence-electron chi connectivity index (χ3n) is 7.43. The molecule has 1 aliphatic rings. The molecule has 48 heavy (non-hydrogen) atoms. The Morgan fingerprint density at radius 2 is 1.73 bits per heavy atom. The van der Waals surface area contributed by atoms with Crippen molar-refractivity contribution >= 4 is 38.3 Å². The zero-order valence-corrected chi connectivity index (χ0v) is 27.0. The van der Waals surface area contributed by atoms with E-state index in [0.717, 1.165) is 29.8 Å². The Labute approximate surface area is 274 Å². The first kappa shape index (κ1) is 34.2. The largest absolute Gasteiger partial charge is 0.452 e. The number of anilines is 2. The minimum Gasteiger partial charge on any atom is -0.452 e. The van der Waals surface area contributed by atoms with Gasteiger partial charge in [-0.3, -0.25) is 23.8 Å². The Hall–Kier alpha value is -5.12. The fraction of sp³-hybridized carbons (Fsp3) is 0.242. The molecule has 252 valence electrons. The van der Waals surface area contributed by atoms with Gasteiger partial charge < -0.3 is 20.1 Å². The summed E-state index contributed by atoms with van der Waals surface area (Å²) in [5.74, 6) is -1.46. The second kappa shape index (κ2) is 14.3. The van der Waals surface area contributed by atoms with Gasteiger partial charge in [0.25, 0.3) is 21.6 Å². The zero-order chi connectivity index (χ0) is 34.6. The van der Waals surface area contributed by atoms with Crippen LogP contribution in [0.4, 0.5) is 20.2 Å². The molecule has 0 atom stereocenters. The Balaban J connectivity index is 0.000000840. The molecule has 1 amide bonds. The van der Waals surface area contributed by atoms with Gasteiger partial charge in [-0.1, -0.05) is 0 Å². The molecule has 0 aliphatic carbocycles. The van der Waals surface area contributed by atoms with Crippen LogP contribution in [0.1, 0.15) is 34.5 Å². The number of fused-ring (bicyclic) bond motifs is 1. The standard InChI is InChI=1S/C32H29F2N5O4.CH4O3S/c1-18-13-19(2)39(24-6-3-21(33)4-7-24)32(41)30(18)31(40)37-23-5-8-28(25(34)15-23)43-29-14-20-17-35-38-26(20)16-27(29)36-22-9-11-42-12-10-22;1-5(2,3)4/h3-8,13-17,22,36H,9-12H2,1-2H3,(H,35,38)(H,37,40);1H3,(H,2,3,4). The number of hydrogen-bond acceptors (Lipinski definition) is 8. The SMILES string of the molecule is CS(=O)(=O)O.Cc1cc(C)n(-c2ccc(F)cc2)c(=O)c1C(=O)Nc1ccc(Oc2cc3cn[nH]c3cc2NC2CCOCC2)c(F)c1. The quantitative estimate of drug-likeness (QED) is 0.157. The highest BCUT2D eigenvalue weighted by molar-refractivity contribution is 7.85. The van der Waals surface area contributed by atoms with Crippen molar-refractivity contribution in [2.75, 3.05) is 30.1 Å². The smallest absolute Gasteiger partial charge is 0.268 e. The minimum atomic E-state index is -3.67. The number of rotatable bonds is 7. The van der Waals surface area contributed by atoms with E-state index >= 15 is 4.39 Å². The number of aromatic nitrogens is 3. The van der Waals surface area contributed by atoms with E-state index < -0.39 is 33.2 Å². The third-order valence-corrected chi connectivity index (χ3v) is 7.43. The molecule has 0 saturated carbocycles. The van der Waals surface area contributed by atoms with E-state index in [2.05, 4.69) is 20.8 Å². The van der Waals surface area contributed by atoms with Gasteiger partial charge in [-0.25, -0.2) is 8.78 Å². The molecule has 0 radical (unpaired) electrons. The summed E-state index contributed by atoms with van der Waals surface area (Å²) in [5.41, 5.74) is 2.43. The van der Waals surface area contributed by atoms with E-state index in [9.17, 15) is 22.4 Å². The first-order chi connectivity index (χ1) is 22.8. The molecule has 0 unspecified atom stereocenters. The molecule has 1 fully saturated rings. The fourth-order valence-electron chi connectivity index (χ4n) is 5.28. The maximum atomic E-state index is 15.3. The van der Waals surface area contributed by atoms with Gasteiger partial charge in [0, 0.05) is 47.8 Å². The summed E-state index contributed by atoms with van der Waals surface area (Å²) >= 11 is 0. The van der Waals surface area contributed by atoms with Crippen LogP contribution in [0.3, 0.4) is 0 Å². The van der Waals surface area contributed by atoms with Crippen LogP contribution in [-0.4, -0.2) is 59.2 Å². The molecular formula is C33H33F2N5O7S. The Morgan fingerprint density at radius 3 is 2.40 bits per heavy atom. The van der Waals surface area contributed by atoms with Crippen LogP contribution in [0.25, 0.3) is 16.6 Å². The summed E-state index contributed by atoms with van der Waals surface area (Å²) in [5, 5.41) is 13.9. The zero-order valence-electron chi connectivity index (χ0n) is 26.2. The number of benzene rings is 3. The maximum absolute atomic E-state index is 15.3. The van der Waals surface area contributed by atoms with Gasteiger partial charge in [0.05, 0.1) is 23.7 Å². The lowest BCUT2D eigenvalue weighted by molar-refractivity contribution is 0.0904. The molecule has 4 N–H and O–H groups in total. The van der Waals surface area contributed by atoms with Gasteiger partial charge in [-0.2, -0.15) is 13.5 Å². The highest BCUT2D eigenvalue weighted by Crippen LogP contribution is 2.36. The van der Waals surface area contributed by atoms with Crippen molar-refractivity contribution < 1.29 is 36.0 Å². The number of halogens is 2. The van der Waals surface area contributed by atoms with Crippen LogP contribution in [0.2, 0.25) is 0 Å². The molecule has 15 heteroatoms. The Kier molecular flexibility index (Phi) is 10.2. The minimum absolute atomic E-state index is 0.0407. The van der Waals surface area contributed by atoms with Crippen molar-refractivity contribution in [1.29, 1.82) is 0 Å². The maximum Gasteiger partial charge on any atom is 0.268 e. The van der Waals surface area contributed by atoms with Crippen LogP contribution in [0.15, 0.2) is 71.7 Å². The number of aromatic amines is 1. The molecule has 5 aromatic rings. The highest BCUT2D eigenvalue weighted by atomic mass is 32.2. The average Bonchev–Trinajstić information content (AvgIpc) is 3.46. The van der Waals surface area contributed by atoms with Crippen molar-refractivity contribution in [3.8, 4) is 17.2 Å². The van der Waals surface area contributed by atoms with Crippen molar-refractivity contribution in [2.24, 2.45) is 0 Å². The summed E-state index contributed by atoms with van der Waals surface area (Å²) in [4.78, 5) is 26.7. The number of amides is 1. The van der Waals surface area contributed by atoms with E-state index in [1.165, 1.54) is 41.0 Å². The third kappa shape index (κ3) is 8.42. The number of nitrogens with one attached hydrogen (secondary N) is 3. The van der Waals surface area contributed by atoms with Gasteiger partial charge in [0.15, 0.2) is 17.3 Å². The van der Waals surface area contributed by atoms with Crippen LogP contribution < -0.4 is 20.9 Å². The molecule has 3 aromatic carbocycles. The summed E-state index contributed by atoms with van der Waals surface area (Å²) in [6, 6.07) is 15.0. The van der Waals surface area contributed by atoms with E-state index in [4.69, 9.17) is 14.0 Å². The predicted octanol–water partition coefficient (Wildman–Crippen LogP) is 5.75. The Morgan fingerprint density at radius 1 is 1.04 bits per heavy atom. The number of pyridine rings is 1. The monoisotopic (exact) mass is 681 g/mol. The number of H-pyrrole nitrogens is 1. The summed E-state index contributed by atoms with van der Waals surface area (Å²) in [6.07, 6.45) is 4.04. The summed E-state index contributed by atoms with van der Waals surface area (Å²) in [7, 11) is -3.67. The van der Waals surface area contributed by atoms with E-state index in [1.807, 2.05) is 6.07 Å². The van der Waals surface area contributed by atoms with Crippen LogP contribution in [0, 0.1) is 25.5 Å². The van der Waals surface area contributed by atoms with Gasteiger partial charge in [-0.15, -0.1) is 0 Å². The normalized spacial score (nSPS) is 13.5. The molecule has 0 bridgehead atoms. The van der Waals surface area contributed by atoms with Crippen molar-refractivity contribution in [3.05, 3.63) is 106 Å². The average molecular weight is 682 g/mol. The molecule has 6 rings (SSSR count). The molecule has 0 spiro atoms. The molecule has 1 saturated heterocycles. The van der Waals surface area contributed by atoms with Gasteiger partial charge in [0.1, 0.15) is 11.4 Å². The van der Waals surface area contributed by atoms with E-state index in [1.54, 1.807) is 32.2 Å². The number of nitrogens with zero attached hydrogens (tertiary/aromatic N) is 2. The molecule has 3 heterocycles.